The monoisotopic (exact) mass is 573 g/mol. The van der Waals surface area contributed by atoms with Crippen molar-refractivity contribution in [2.24, 2.45) is 17.3 Å². The second-order valence-corrected chi connectivity index (χ2v) is 13.3. The number of amides is 4. The van der Waals surface area contributed by atoms with E-state index in [4.69, 9.17) is 4.74 Å². The number of carbonyl (C=O) groups excluding carboxylic acids is 4. The molecular formula is C32H39N5O5. The number of fused-ring (bicyclic) bond motifs is 1. The van der Waals surface area contributed by atoms with Crippen molar-refractivity contribution >= 4 is 23.6 Å². The van der Waals surface area contributed by atoms with E-state index in [2.05, 4.69) is 16.3 Å². The van der Waals surface area contributed by atoms with Gasteiger partial charge in [0.15, 0.2) is 0 Å². The first-order chi connectivity index (χ1) is 20.3. The molecular weight excluding hydrogens is 534 g/mol. The van der Waals surface area contributed by atoms with E-state index in [0.717, 1.165) is 82.4 Å². The van der Waals surface area contributed by atoms with Gasteiger partial charge in [0.25, 0.3) is 5.91 Å². The molecule has 6 aliphatic rings. The van der Waals surface area contributed by atoms with Gasteiger partial charge in [0.2, 0.25) is 17.7 Å². The van der Waals surface area contributed by atoms with Crippen LogP contribution in [0.2, 0.25) is 0 Å². The van der Waals surface area contributed by atoms with E-state index in [9.17, 15) is 24.4 Å². The van der Waals surface area contributed by atoms with Gasteiger partial charge in [-0.1, -0.05) is 6.42 Å². The third-order valence-corrected chi connectivity index (χ3v) is 10.7. The minimum Gasteiger partial charge on any atom is -0.489 e. The molecule has 3 saturated heterocycles. The average molecular weight is 574 g/mol. The molecule has 5 fully saturated rings. The van der Waals surface area contributed by atoms with Gasteiger partial charge in [0, 0.05) is 50.7 Å². The molecule has 0 radical (unpaired) electrons. The van der Waals surface area contributed by atoms with Gasteiger partial charge in [-0.3, -0.25) is 29.4 Å². The number of likely N-dealkylation sites (tertiary alicyclic amines) is 2. The van der Waals surface area contributed by atoms with Crippen LogP contribution in [-0.4, -0.2) is 82.7 Å². The van der Waals surface area contributed by atoms with Gasteiger partial charge in [0.1, 0.15) is 23.3 Å². The molecule has 4 heterocycles. The highest BCUT2D eigenvalue weighted by Gasteiger charge is 2.53. The maximum Gasteiger partial charge on any atom is 0.255 e. The molecule has 4 amide bonds. The molecule has 42 heavy (non-hydrogen) atoms. The van der Waals surface area contributed by atoms with E-state index in [1.165, 1.54) is 6.42 Å². The molecule has 2 saturated carbocycles. The van der Waals surface area contributed by atoms with Crippen molar-refractivity contribution in [3.63, 3.8) is 0 Å². The molecule has 1 N–H and O–H groups in total. The molecule has 222 valence electrons. The second-order valence-electron chi connectivity index (χ2n) is 13.3. The predicted molar refractivity (Wildman–Crippen MR) is 151 cm³/mol. The fourth-order valence-corrected chi connectivity index (χ4v) is 7.92. The molecule has 3 atom stereocenters. The number of nitriles is 1. The first-order valence-electron chi connectivity index (χ1n) is 15.7. The lowest BCUT2D eigenvalue weighted by Crippen LogP contribution is -2.60. The maximum atomic E-state index is 13.1. The number of carbonyl (C=O) groups is 4. The van der Waals surface area contributed by atoms with E-state index in [-0.39, 0.29) is 30.2 Å². The van der Waals surface area contributed by atoms with E-state index >= 15 is 0 Å². The fraction of sp³-hybridized carbons (Fsp3) is 0.656. The summed E-state index contributed by atoms with van der Waals surface area (Å²) in [5, 5.41) is 11.7. The summed E-state index contributed by atoms with van der Waals surface area (Å²) in [5.41, 5.74) is 0.758. The van der Waals surface area contributed by atoms with Crippen LogP contribution in [0.25, 0.3) is 0 Å². The lowest BCUT2D eigenvalue weighted by atomic mass is 9.77. The van der Waals surface area contributed by atoms with E-state index in [1.807, 2.05) is 23.1 Å². The lowest BCUT2D eigenvalue weighted by molar-refractivity contribution is -0.138. The zero-order chi connectivity index (χ0) is 29.0. The molecule has 1 unspecified atom stereocenters. The van der Waals surface area contributed by atoms with Gasteiger partial charge < -0.3 is 14.5 Å². The van der Waals surface area contributed by atoms with Crippen molar-refractivity contribution in [1.82, 2.24) is 20.0 Å². The van der Waals surface area contributed by atoms with Gasteiger partial charge in [-0.25, -0.2) is 0 Å². The Morgan fingerprint density at radius 3 is 2.48 bits per heavy atom. The molecule has 7 rings (SSSR count). The molecule has 1 aromatic carbocycles. The number of nitrogens with zero attached hydrogens (tertiary/aromatic N) is 4. The fourth-order valence-electron chi connectivity index (χ4n) is 7.92. The van der Waals surface area contributed by atoms with Crippen LogP contribution in [0.4, 0.5) is 0 Å². The standard InChI is InChI=1S/C32H39N5O5/c33-19-32(11-12-32)31(41)35-13-9-20(10-14-35)22-16-36(17-22)25-3-1-2-4-27(25)42-23-5-6-24-21(15-23)18-37(30(24)40)26-7-8-28(38)34-29(26)39/h5-6,15,20,22,25-27H,1-4,7-14,16-18H2,(H,34,38,39)/t25-,26?,27-/m0/s1. The Balaban J connectivity index is 0.935. The molecule has 0 aromatic heterocycles. The minimum absolute atomic E-state index is 0.0560. The number of imide groups is 1. The summed E-state index contributed by atoms with van der Waals surface area (Å²) in [4.78, 5) is 55.9. The van der Waals surface area contributed by atoms with Gasteiger partial charge in [0.05, 0.1) is 6.07 Å². The number of ether oxygens (including phenoxy) is 1. The zero-order valence-electron chi connectivity index (χ0n) is 24.1. The highest BCUT2D eigenvalue weighted by molar-refractivity contribution is 6.05. The van der Waals surface area contributed by atoms with Crippen molar-refractivity contribution in [3.05, 3.63) is 29.3 Å². The van der Waals surface area contributed by atoms with E-state index in [1.54, 1.807) is 4.90 Å². The Morgan fingerprint density at radius 2 is 1.76 bits per heavy atom. The number of nitrogens with one attached hydrogen (secondary N) is 1. The van der Waals surface area contributed by atoms with Crippen LogP contribution < -0.4 is 10.1 Å². The quantitative estimate of drug-likeness (QED) is 0.519. The molecule has 0 bridgehead atoms. The Morgan fingerprint density at radius 1 is 1.00 bits per heavy atom. The van der Waals surface area contributed by atoms with Gasteiger partial charge in [-0.2, -0.15) is 5.26 Å². The molecule has 0 spiro atoms. The average Bonchev–Trinajstić information content (AvgIpc) is 3.71. The first-order valence-corrected chi connectivity index (χ1v) is 15.7. The molecule has 10 nitrogen and oxygen atoms in total. The van der Waals surface area contributed by atoms with Crippen molar-refractivity contribution in [2.75, 3.05) is 26.2 Å². The number of hydrogen-bond donors (Lipinski definition) is 1. The van der Waals surface area contributed by atoms with Crippen LogP contribution in [-0.2, 0) is 20.9 Å². The van der Waals surface area contributed by atoms with Crippen molar-refractivity contribution in [3.8, 4) is 11.8 Å². The summed E-state index contributed by atoms with van der Waals surface area (Å²) in [6.07, 6.45) is 8.65. The summed E-state index contributed by atoms with van der Waals surface area (Å²) in [5.74, 6) is 1.26. The molecule has 4 aliphatic heterocycles. The normalized spacial score (nSPS) is 29.9. The molecule has 2 aliphatic carbocycles. The largest absolute Gasteiger partial charge is 0.489 e. The Hall–Kier alpha value is -3.45. The van der Waals surface area contributed by atoms with Crippen LogP contribution in [0.3, 0.4) is 0 Å². The highest BCUT2D eigenvalue weighted by atomic mass is 16.5. The topological polar surface area (TPSA) is 123 Å². The lowest BCUT2D eigenvalue weighted by Gasteiger charge is -2.51. The molecule has 1 aromatic rings. The number of hydrogen-bond acceptors (Lipinski definition) is 7. The summed E-state index contributed by atoms with van der Waals surface area (Å²) in [7, 11) is 0. The van der Waals surface area contributed by atoms with Gasteiger partial charge >= 0.3 is 0 Å². The summed E-state index contributed by atoms with van der Waals surface area (Å²) in [6.45, 7) is 4.05. The molecule has 10 heteroatoms. The van der Waals surface area contributed by atoms with Crippen molar-refractivity contribution in [1.29, 1.82) is 5.26 Å². The third-order valence-electron chi connectivity index (χ3n) is 10.7. The van der Waals surface area contributed by atoms with Gasteiger partial charge in [-0.15, -0.1) is 0 Å². The number of benzene rings is 1. The summed E-state index contributed by atoms with van der Waals surface area (Å²) >= 11 is 0. The highest BCUT2D eigenvalue weighted by Crippen LogP contribution is 2.47. The third kappa shape index (κ3) is 4.85. The van der Waals surface area contributed by atoms with Crippen LogP contribution in [0.15, 0.2) is 18.2 Å². The van der Waals surface area contributed by atoms with Crippen molar-refractivity contribution in [2.45, 2.75) is 88.9 Å². The minimum atomic E-state index is -0.711. The number of piperidine rings is 2. The second kappa shape index (κ2) is 10.7. The van der Waals surface area contributed by atoms with Gasteiger partial charge in [-0.05, 0) is 87.0 Å². The van der Waals surface area contributed by atoms with Crippen LogP contribution in [0.1, 0.15) is 80.1 Å². The first kappa shape index (κ1) is 27.4. The van der Waals surface area contributed by atoms with Crippen LogP contribution >= 0.6 is 0 Å². The Labute approximate surface area is 246 Å². The van der Waals surface area contributed by atoms with Crippen molar-refractivity contribution < 1.29 is 23.9 Å². The number of rotatable bonds is 6. The Bertz CT molecular complexity index is 1340. The summed E-state index contributed by atoms with van der Waals surface area (Å²) < 4.78 is 6.60. The summed E-state index contributed by atoms with van der Waals surface area (Å²) in [6, 6.07) is 7.65. The zero-order valence-corrected chi connectivity index (χ0v) is 24.1. The van der Waals surface area contributed by atoms with Crippen LogP contribution in [0.5, 0.6) is 5.75 Å². The Kier molecular flexibility index (Phi) is 6.96. The maximum absolute atomic E-state index is 13.1. The van der Waals surface area contributed by atoms with E-state index < -0.39 is 17.4 Å². The van der Waals surface area contributed by atoms with E-state index in [0.29, 0.717) is 36.4 Å². The smallest absolute Gasteiger partial charge is 0.255 e. The predicted octanol–water partition coefficient (Wildman–Crippen LogP) is 2.61. The van der Waals surface area contributed by atoms with Crippen LogP contribution in [0, 0.1) is 28.6 Å². The SMILES string of the molecule is N#CC1(C(=O)N2CCC(C3CN([C@H]4CCCC[C@@H]4Oc4ccc5c(c4)CN(C4CCC(=O)NC4=O)C5=O)C3)CC2)CC1.